The SMILES string of the molecule is COc1ccc(CN2Cc3c(OC)c(Br)cc(C)c3C2=O)cc1. The molecular formula is C18H18BrNO3. The highest BCUT2D eigenvalue weighted by molar-refractivity contribution is 9.10. The molecule has 0 fully saturated rings. The number of amides is 1. The summed E-state index contributed by atoms with van der Waals surface area (Å²) in [5.74, 6) is 1.61. The molecule has 2 aromatic rings. The Bertz CT molecular complexity index is 756. The van der Waals surface area contributed by atoms with E-state index < -0.39 is 0 Å². The molecule has 0 saturated heterocycles. The number of carbonyl (C=O) groups excluding carboxylic acids is 1. The molecule has 1 aliphatic rings. The van der Waals surface area contributed by atoms with Gasteiger partial charge in [-0.15, -0.1) is 0 Å². The Morgan fingerprint density at radius 1 is 1.17 bits per heavy atom. The number of benzene rings is 2. The lowest BCUT2D eigenvalue weighted by atomic mass is 10.0. The average molecular weight is 376 g/mol. The van der Waals surface area contributed by atoms with Crippen molar-refractivity contribution in [1.29, 1.82) is 0 Å². The molecule has 0 N–H and O–H groups in total. The van der Waals surface area contributed by atoms with Gasteiger partial charge in [0.15, 0.2) is 0 Å². The van der Waals surface area contributed by atoms with E-state index in [0.29, 0.717) is 13.1 Å². The zero-order valence-electron chi connectivity index (χ0n) is 13.4. The molecule has 1 aliphatic heterocycles. The molecule has 5 heteroatoms. The maximum absolute atomic E-state index is 12.8. The van der Waals surface area contributed by atoms with Gasteiger partial charge < -0.3 is 14.4 Å². The number of nitrogens with zero attached hydrogens (tertiary/aromatic N) is 1. The van der Waals surface area contributed by atoms with Crippen molar-refractivity contribution in [2.75, 3.05) is 14.2 Å². The molecule has 0 atom stereocenters. The molecule has 1 heterocycles. The Kier molecular flexibility index (Phi) is 4.31. The summed E-state index contributed by atoms with van der Waals surface area (Å²) < 4.78 is 11.5. The van der Waals surface area contributed by atoms with E-state index in [1.165, 1.54) is 0 Å². The summed E-state index contributed by atoms with van der Waals surface area (Å²) in [5, 5.41) is 0. The Morgan fingerprint density at radius 2 is 1.87 bits per heavy atom. The zero-order chi connectivity index (χ0) is 16.6. The van der Waals surface area contributed by atoms with Crippen molar-refractivity contribution >= 4 is 21.8 Å². The summed E-state index contributed by atoms with van der Waals surface area (Å²) in [6.07, 6.45) is 0. The molecule has 0 unspecified atom stereocenters. The second-order valence-corrected chi connectivity index (χ2v) is 6.43. The van der Waals surface area contributed by atoms with E-state index >= 15 is 0 Å². The lowest BCUT2D eigenvalue weighted by molar-refractivity contribution is 0.0766. The summed E-state index contributed by atoms with van der Waals surface area (Å²) in [5.41, 5.74) is 3.76. The van der Waals surface area contributed by atoms with E-state index in [1.807, 2.05) is 42.2 Å². The van der Waals surface area contributed by atoms with E-state index in [2.05, 4.69) is 15.9 Å². The highest BCUT2D eigenvalue weighted by Crippen LogP contribution is 2.39. The van der Waals surface area contributed by atoms with Gasteiger partial charge in [-0.05, 0) is 52.2 Å². The number of methoxy groups -OCH3 is 2. The highest BCUT2D eigenvalue weighted by Gasteiger charge is 2.32. The molecule has 0 aliphatic carbocycles. The fourth-order valence-electron chi connectivity index (χ4n) is 2.99. The monoisotopic (exact) mass is 375 g/mol. The Hall–Kier alpha value is -2.01. The predicted octanol–water partition coefficient (Wildman–Crippen LogP) is 3.93. The van der Waals surface area contributed by atoms with Gasteiger partial charge >= 0.3 is 0 Å². The van der Waals surface area contributed by atoms with Gasteiger partial charge in [0, 0.05) is 12.1 Å². The van der Waals surface area contributed by atoms with Crippen LogP contribution in [-0.4, -0.2) is 25.0 Å². The molecule has 0 saturated carbocycles. The summed E-state index contributed by atoms with van der Waals surface area (Å²) in [7, 11) is 3.27. The summed E-state index contributed by atoms with van der Waals surface area (Å²) in [4.78, 5) is 14.6. The number of hydrogen-bond donors (Lipinski definition) is 0. The minimum absolute atomic E-state index is 0.0547. The van der Waals surface area contributed by atoms with Crippen molar-refractivity contribution < 1.29 is 14.3 Å². The lowest BCUT2D eigenvalue weighted by Gasteiger charge is -2.16. The fraction of sp³-hybridized carbons (Fsp3) is 0.278. The van der Waals surface area contributed by atoms with Crippen LogP contribution >= 0.6 is 15.9 Å². The van der Waals surface area contributed by atoms with Gasteiger partial charge in [0.1, 0.15) is 11.5 Å². The van der Waals surface area contributed by atoms with Crippen LogP contribution in [0.25, 0.3) is 0 Å². The van der Waals surface area contributed by atoms with Crippen LogP contribution in [0.15, 0.2) is 34.8 Å². The standard InChI is InChI=1S/C18H18BrNO3/c1-11-8-15(19)17(23-3)14-10-20(18(21)16(11)14)9-12-4-6-13(22-2)7-5-12/h4-8H,9-10H2,1-3H3. The molecule has 120 valence electrons. The van der Waals surface area contributed by atoms with Crippen LogP contribution in [0.4, 0.5) is 0 Å². The maximum atomic E-state index is 12.8. The van der Waals surface area contributed by atoms with E-state index in [-0.39, 0.29) is 5.91 Å². The number of aryl methyl sites for hydroxylation is 1. The molecule has 0 aromatic heterocycles. The molecule has 0 bridgehead atoms. The fourth-order valence-corrected chi connectivity index (χ4v) is 3.74. The van der Waals surface area contributed by atoms with Gasteiger partial charge in [0.25, 0.3) is 5.91 Å². The van der Waals surface area contributed by atoms with Gasteiger partial charge in [-0.3, -0.25) is 4.79 Å². The van der Waals surface area contributed by atoms with Crippen molar-refractivity contribution in [2.45, 2.75) is 20.0 Å². The number of ether oxygens (including phenoxy) is 2. The van der Waals surface area contributed by atoms with E-state index in [0.717, 1.165) is 38.2 Å². The van der Waals surface area contributed by atoms with Crippen LogP contribution in [-0.2, 0) is 13.1 Å². The minimum atomic E-state index is 0.0547. The minimum Gasteiger partial charge on any atom is -0.497 e. The Labute approximate surface area is 144 Å². The molecule has 0 radical (unpaired) electrons. The summed E-state index contributed by atoms with van der Waals surface area (Å²) in [6.45, 7) is 3.08. The molecule has 2 aromatic carbocycles. The van der Waals surface area contributed by atoms with Crippen molar-refractivity contribution in [2.24, 2.45) is 0 Å². The van der Waals surface area contributed by atoms with Gasteiger partial charge in [-0.25, -0.2) is 0 Å². The van der Waals surface area contributed by atoms with Gasteiger partial charge in [-0.2, -0.15) is 0 Å². The van der Waals surface area contributed by atoms with Crippen LogP contribution in [0.2, 0.25) is 0 Å². The first-order valence-electron chi connectivity index (χ1n) is 7.33. The first-order chi connectivity index (χ1) is 11.0. The largest absolute Gasteiger partial charge is 0.497 e. The quantitative estimate of drug-likeness (QED) is 0.812. The van der Waals surface area contributed by atoms with E-state index in [9.17, 15) is 4.79 Å². The van der Waals surface area contributed by atoms with E-state index in [1.54, 1.807) is 14.2 Å². The molecule has 4 nitrogen and oxygen atoms in total. The van der Waals surface area contributed by atoms with Crippen molar-refractivity contribution in [3.05, 3.63) is 57.1 Å². The van der Waals surface area contributed by atoms with Crippen molar-refractivity contribution in [3.8, 4) is 11.5 Å². The zero-order valence-corrected chi connectivity index (χ0v) is 14.9. The number of halogens is 1. The van der Waals surface area contributed by atoms with Gasteiger partial charge in [0.2, 0.25) is 0 Å². The Morgan fingerprint density at radius 3 is 2.48 bits per heavy atom. The maximum Gasteiger partial charge on any atom is 0.255 e. The van der Waals surface area contributed by atoms with Crippen molar-refractivity contribution in [1.82, 2.24) is 4.90 Å². The molecule has 23 heavy (non-hydrogen) atoms. The molecular weight excluding hydrogens is 358 g/mol. The second-order valence-electron chi connectivity index (χ2n) is 5.57. The number of carbonyl (C=O) groups is 1. The molecule has 3 rings (SSSR count). The van der Waals surface area contributed by atoms with Gasteiger partial charge in [0.05, 0.1) is 30.8 Å². The van der Waals surface area contributed by atoms with Crippen LogP contribution < -0.4 is 9.47 Å². The van der Waals surface area contributed by atoms with Crippen molar-refractivity contribution in [3.63, 3.8) is 0 Å². The summed E-state index contributed by atoms with van der Waals surface area (Å²) in [6, 6.07) is 9.72. The molecule has 1 amide bonds. The third-order valence-corrected chi connectivity index (χ3v) is 4.71. The number of rotatable bonds is 4. The smallest absolute Gasteiger partial charge is 0.255 e. The third kappa shape index (κ3) is 2.81. The van der Waals surface area contributed by atoms with Gasteiger partial charge in [-0.1, -0.05) is 12.1 Å². The first kappa shape index (κ1) is 15.9. The number of hydrogen-bond acceptors (Lipinski definition) is 3. The lowest BCUT2D eigenvalue weighted by Crippen LogP contribution is -2.23. The second kappa shape index (κ2) is 6.24. The summed E-state index contributed by atoms with van der Waals surface area (Å²) >= 11 is 3.51. The van der Waals surface area contributed by atoms with E-state index in [4.69, 9.17) is 9.47 Å². The van der Waals surface area contributed by atoms with Crippen LogP contribution in [0.5, 0.6) is 11.5 Å². The molecule has 0 spiro atoms. The highest BCUT2D eigenvalue weighted by atomic mass is 79.9. The first-order valence-corrected chi connectivity index (χ1v) is 8.12. The third-order valence-electron chi connectivity index (χ3n) is 4.12. The average Bonchev–Trinajstić information content (AvgIpc) is 2.85. The normalized spacial score (nSPS) is 13.2. The van der Waals surface area contributed by atoms with Crippen LogP contribution in [0.1, 0.15) is 27.0 Å². The van der Waals surface area contributed by atoms with Crippen LogP contribution in [0, 0.1) is 6.92 Å². The topological polar surface area (TPSA) is 38.8 Å². The number of fused-ring (bicyclic) bond motifs is 1. The Balaban J connectivity index is 1.89. The predicted molar refractivity (Wildman–Crippen MR) is 92.0 cm³/mol. The van der Waals surface area contributed by atoms with Crippen LogP contribution in [0.3, 0.4) is 0 Å².